The van der Waals surface area contributed by atoms with Crippen LogP contribution >= 0.6 is 0 Å². The van der Waals surface area contributed by atoms with E-state index in [-0.39, 0.29) is 5.84 Å². The SMILES string of the molecule is CC(C)CCNc1cccc(C(=N)N)c1.NC(=O)O. The number of rotatable bonds is 5. The summed E-state index contributed by atoms with van der Waals surface area (Å²) in [4.78, 5) is 8.78. The number of nitrogens with one attached hydrogen (secondary N) is 2. The Bertz CT molecular complexity index is 415. The predicted octanol–water partition coefficient (Wildman–Crippen LogP) is 2.05. The Morgan fingerprint density at radius 1 is 1.42 bits per heavy atom. The Morgan fingerprint density at radius 2 is 2.00 bits per heavy atom. The van der Waals surface area contributed by atoms with E-state index in [1.165, 1.54) is 0 Å². The molecule has 0 aromatic heterocycles. The van der Waals surface area contributed by atoms with Crippen molar-refractivity contribution in [3.8, 4) is 0 Å². The number of primary amides is 1. The first-order valence-electron chi connectivity index (χ1n) is 5.99. The van der Waals surface area contributed by atoms with Gasteiger partial charge in [-0.05, 0) is 24.5 Å². The Balaban J connectivity index is 0.000000711. The van der Waals surface area contributed by atoms with Crippen LogP contribution in [0.4, 0.5) is 10.5 Å². The van der Waals surface area contributed by atoms with Gasteiger partial charge in [-0.25, -0.2) is 4.79 Å². The fourth-order valence-electron chi connectivity index (χ4n) is 1.30. The van der Waals surface area contributed by atoms with Crippen LogP contribution in [-0.4, -0.2) is 23.6 Å². The lowest BCUT2D eigenvalue weighted by Crippen LogP contribution is -2.11. The third-order valence-corrected chi connectivity index (χ3v) is 2.22. The summed E-state index contributed by atoms with van der Waals surface area (Å²) >= 11 is 0. The Kier molecular flexibility index (Phi) is 7.76. The number of amidine groups is 1. The van der Waals surface area contributed by atoms with Gasteiger partial charge in [0.2, 0.25) is 0 Å². The summed E-state index contributed by atoms with van der Waals surface area (Å²) in [6, 6.07) is 7.65. The topological polar surface area (TPSA) is 125 Å². The first-order valence-corrected chi connectivity index (χ1v) is 5.99. The summed E-state index contributed by atoms with van der Waals surface area (Å²) in [5, 5.41) is 17.8. The van der Waals surface area contributed by atoms with Gasteiger partial charge in [-0.3, -0.25) is 5.41 Å². The van der Waals surface area contributed by atoms with E-state index >= 15 is 0 Å². The van der Waals surface area contributed by atoms with Crippen LogP contribution in [-0.2, 0) is 0 Å². The van der Waals surface area contributed by atoms with Crippen molar-refractivity contribution in [1.29, 1.82) is 5.41 Å². The van der Waals surface area contributed by atoms with Crippen molar-refractivity contribution in [1.82, 2.24) is 0 Å². The summed E-state index contributed by atoms with van der Waals surface area (Å²) in [6.07, 6.45) is -0.190. The highest BCUT2D eigenvalue weighted by atomic mass is 16.4. The number of carbonyl (C=O) groups is 1. The lowest BCUT2D eigenvalue weighted by molar-refractivity contribution is 0.205. The predicted molar refractivity (Wildman–Crippen MR) is 77.6 cm³/mol. The molecule has 0 fully saturated rings. The van der Waals surface area contributed by atoms with Gasteiger partial charge < -0.3 is 21.9 Å². The molecule has 19 heavy (non-hydrogen) atoms. The van der Waals surface area contributed by atoms with Crippen molar-refractivity contribution in [2.24, 2.45) is 17.4 Å². The number of hydrogen-bond acceptors (Lipinski definition) is 3. The molecule has 0 saturated carbocycles. The minimum atomic E-state index is -1.33. The molecule has 0 unspecified atom stereocenters. The van der Waals surface area contributed by atoms with Crippen molar-refractivity contribution < 1.29 is 9.90 Å². The highest BCUT2D eigenvalue weighted by Gasteiger charge is 1.98. The van der Waals surface area contributed by atoms with Crippen LogP contribution < -0.4 is 16.8 Å². The molecule has 0 spiro atoms. The van der Waals surface area contributed by atoms with Crippen molar-refractivity contribution >= 4 is 17.6 Å². The monoisotopic (exact) mass is 266 g/mol. The molecular formula is C13H22N4O2. The molecule has 0 bridgehead atoms. The Hall–Kier alpha value is -2.24. The molecule has 1 aromatic rings. The summed E-state index contributed by atoms with van der Waals surface area (Å²) in [5.41, 5.74) is 11.2. The number of nitrogen functional groups attached to an aromatic ring is 1. The van der Waals surface area contributed by atoms with Gasteiger partial charge in [0.25, 0.3) is 0 Å². The molecule has 1 rings (SSSR count). The van der Waals surface area contributed by atoms with Crippen LogP contribution in [0.1, 0.15) is 25.8 Å². The first kappa shape index (κ1) is 16.8. The second-order valence-corrected chi connectivity index (χ2v) is 4.44. The average molecular weight is 266 g/mol. The second-order valence-electron chi connectivity index (χ2n) is 4.44. The van der Waals surface area contributed by atoms with Crippen LogP contribution in [0.2, 0.25) is 0 Å². The van der Waals surface area contributed by atoms with Gasteiger partial charge >= 0.3 is 6.09 Å². The minimum absolute atomic E-state index is 0.113. The molecule has 0 atom stereocenters. The normalized spacial score (nSPS) is 9.42. The van der Waals surface area contributed by atoms with Gasteiger partial charge in [-0.1, -0.05) is 26.0 Å². The van der Waals surface area contributed by atoms with E-state index in [4.69, 9.17) is 21.0 Å². The van der Waals surface area contributed by atoms with Crippen LogP contribution in [0.5, 0.6) is 0 Å². The minimum Gasteiger partial charge on any atom is -0.465 e. The van der Waals surface area contributed by atoms with Crippen LogP contribution in [0, 0.1) is 11.3 Å². The quantitative estimate of drug-likeness (QED) is 0.413. The molecule has 7 N–H and O–H groups in total. The maximum absolute atomic E-state index is 8.78. The van der Waals surface area contributed by atoms with Crippen LogP contribution in [0.25, 0.3) is 0 Å². The van der Waals surface area contributed by atoms with E-state index in [0.717, 1.165) is 24.2 Å². The molecule has 6 heteroatoms. The van der Waals surface area contributed by atoms with Crippen molar-refractivity contribution in [2.45, 2.75) is 20.3 Å². The third kappa shape index (κ3) is 9.46. The van der Waals surface area contributed by atoms with Crippen molar-refractivity contribution in [3.63, 3.8) is 0 Å². The molecule has 0 aliphatic carbocycles. The molecule has 6 nitrogen and oxygen atoms in total. The molecule has 0 radical (unpaired) electrons. The largest absolute Gasteiger partial charge is 0.465 e. The lowest BCUT2D eigenvalue weighted by atomic mass is 10.1. The Morgan fingerprint density at radius 3 is 2.47 bits per heavy atom. The number of anilines is 1. The van der Waals surface area contributed by atoms with Gasteiger partial charge in [-0.15, -0.1) is 0 Å². The number of amides is 1. The number of hydrogen-bond donors (Lipinski definition) is 5. The molecule has 1 aromatic carbocycles. The summed E-state index contributed by atoms with van der Waals surface area (Å²) < 4.78 is 0. The van der Waals surface area contributed by atoms with Crippen molar-refractivity contribution in [2.75, 3.05) is 11.9 Å². The molecule has 106 valence electrons. The maximum atomic E-state index is 8.78. The number of benzene rings is 1. The fraction of sp³-hybridized carbons (Fsp3) is 0.385. The molecular weight excluding hydrogens is 244 g/mol. The second kappa shape index (κ2) is 8.79. The average Bonchev–Trinajstić information content (AvgIpc) is 2.28. The van der Waals surface area contributed by atoms with E-state index in [1.54, 1.807) is 0 Å². The summed E-state index contributed by atoms with van der Waals surface area (Å²) in [7, 11) is 0. The highest BCUT2D eigenvalue weighted by Crippen LogP contribution is 2.10. The molecule has 0 aliphatic rings. The summed E-state index contributed by atoms with van der Waals surface area (Å²) in [5.74, 6) is 0.816. The maximum Gasteiger partial charge on any atom is 0.402 e. The fourth-order valence-corrected chi connectivity index (χ4v) is 1.30. The summed E-state index contributed by atoms with van der Waals surface area (Å²) in [6.45, 7) is 5.36. The number of carboxylic acid groups (broad SMARTS) is 1. The zero-order valence-corrected chi connectivity index (χ0v) is 11.3. The van der Waals surface area contributed by atoms with Gasteiger partial charge in [-0.2, -0.15) is 0 Å². The zero-order valence-electron chi connectivity index (χ0n) is 11.3. The molecule has 0 aliphatic heterocycles. The molecule has 0 heterocycles. The van der Waals surface area contributed by atoms with E-state index in [2.05, 4.69) is 24.9 Å². The van der Waals surface area contributed by atoms with Gasteiger partial charge in [0, 0.05) is 17.8 Å². The van der Waals surface area contributed by atoms with Gasteiger partial charge in [0.05, 0.1) is 0 Å². The van der Waals surface area contributed by atoms with Crippen LogP contribution in [0.15, 0.2) is 24.3 Å². The van der Waals surface area contributed by atoms with E-state index in [9.17, 15) is 0 Å². The number of nitrogens with two attached hydrogens (primary N) is 2. The molecule has 0 saturated heterocycles. The Labute approximate surface area is 113 Å². The lowest BCUT2D eigenvalue weighted by Gasteiger charge is -2.09. The van der Waals surface area contributed by atoms with Gasteiger partial charge in [0.1, 0.15) is 5.84 Å². The smallest absolute Gasteiger partial charge is 0.402 e. The van der Waals surface area contributed by atoms with Crippen LogP contribution in [0.3, 0.4) is 0 Å². The van der Waals surface area contributed by atoms with Crippen molar-refractivity contribution in [3.05, 3.63) is 29.8 Å². The van der Waals surface area contributed by atoms with E-state index < -0.39 is 6.09 Å². The highest BCUT2D eigenvalue weighted by molar-refractivity contribution is 5.95. The zero-order chi connectivity index (χ0) is 14.8. The van der Waals surface area contributed by atoms with E-state index in [0.29, 0.717) is 5.92 Å². The standard InChI is InChI=1S/C12H19N3.CH3NO2/c1-9(2)6-7-15-11-5-3-4-10(8-11)12(13)14;2-1(3)4/h3-5,8-9,15H,6-7H2,1-2H3,(H3,13,14);2H2,(H,3,4). The first-order chi connectivity index (χ1) is 8.82. The third-order valence-electron chi connectivity index (χ3n) is 2.22. The molecule has 1 amide bonds. The van der Waals surface area contributed by atoms with Gasteiger partial charge in [0.15, 0.2) is 0 Å². The van der Waals surface area contributed by atoms with E-state index in [1.807, 2.05) is 24.3 Å².